The molecule has 1 fully saturated rings. The van der Waals surface area contributed by atoms with E-state index in [1.165, 1.54) is 0 Å². The molecule has 1 unspecified atom stereocenters. The Balaban J connectivity index is 2.50. The molecule has 20 heavy (non-hydrogen) atoms. The Hall–Kier alpha value is -1.63. The summed E-state index contributed by atoms with van der Waals surface area (Å²) < 4.78 is 0. The zero-order valence-corrected chi connectivity index (χ0v) is 12.4. The quantitative estimate of drug-likeness (QED) is 0.591. The Morgan fingerprint density at radius 3 is 2.40 bits per heavy atom. The van der Waals surface area contributed by atoms with Crippen LogP contribution < -0.4 is 10.6 Å². The van der Waals surface area contributed by atoms with Crippen LogP contribution in [0.1, 0.15) is 34.1 Å². The van der Waals surface area contributed by atoms with Crippen molar-refractivity contribution < 1.29 is 19.5 Å². The molecule has 1 heterocycles. The van der Waals surface area contributed by atoms with E-state index >= 15 is 0 Å². The van der Waals surface area contributed by atoms with Crippen molar-refractivity contribution in [3.05, 3.63) is 0 Å². The largest absolute Gasteiger partial charge is 0.394 e. The topological polar surface area (TPSA) is 98.7 Å². The van der Waals surface area contributed by atoms with Crippen LogP contribution in [0.25, 0.3) is 0 Å². The van der Waals surface area contributed by atoms with E-state index in [-0.39, 0.29) is 43.3 Å². The Morgan fingerprint density at radius 2 is 2.00 bits per heavy atom. The van der Waals surface area contributed by atoms with E-state index in [0.29, 0.717) is 0 Å². The summed E-state index contributed by atoms with van der Waals surface area (Å²) in [4.78, 5) is 36.3. The molecule has 1 aliphatic heterocycles. The van der Waals surface area contributed by atoms with Gasteiger partial charge >= 0.3 is 6.03 Å². The summed E-state index contributed by atoms with van der Waals surface area (Å²) in [7, 11) is 0. The van der Waals surface area contributed by atoms with Crippen LogP contribution in [-0.4, -0.2) is 52.6 Å². The van der Waals surface area contributed by atoms with Crippen LogP contribution in [0.4, 0.5) is 4.79 Å². The zero-order chi connectivity index (χ0) is 15.5. The van der Waals surface area contributed by atoms with Gasteiger partial charge in [0.2, 0.25) is 5.91 Å². The lowest BCUT2D eigenvalue weighted by Gasteiger charge is -2.21. The molecule has 0 aromatic carbocycles. The molecule has 1 rings (SSSR count). The van der Waals surface area contributed by atoms with Crippen molar-refractivity contribution in [2.24, 2.45) is 5.92 Å². The maximum absolute atomic E-state index is 11.9. The molecular formula is C13H23N3O4. The van der Waals surface area contributed by atoms with E-state index < -0.39 is 11.6 Å². The van der Waals surface area contributed by atoms with Crippen molar-refractivity contribution in [1.29, 1.82) is 0 Å². The number of imide groups is 1. The third-order valence-corrected chi connectivity index (χ3v) is 3.35. The van der Waals surface area contributed by atoms with Gasteiger partial charge in [-0.1, -0.05) is 13.8 Å². The average Bonchev–Trinajstić information content (AvgIpc) is 2.53. The Bertz CT molecular complexity index is 406. The zero-order valence-electron chi connectivity index (χ0n) is 12.4. The highest BCUT2D eigenvalue weighted by atomic mass is 16.3. The number of nitrogens with zero attached hydrogens (tertiary/aromatic N) is 1. The van der Waals surface area contributed by atoms with Gasteiger partial charge in [0.05, 0.1) is 12.6 Å². The van der Waals surface area contributed by atoms with Crippen LogP contribution in [-0.2, 0) is 9.59 Å². The standard InChI is InChI=1S/C13H23N3O4/c1-8(2)9(7-17)14-10(18)5-6-16-11(19)13(3,4)15-12(16)20/h8-9,17H,5-7H2,1-4H3,(H,14,18)(H,15,20). The van der Waals surface area contributed by atoms with Gasteiger partial charge in [-0.3, -0.25) is 14.5 Å². The minimum atomic E-state index is -0.918. The predicted octanol–water partition coefficient (Wildman–Crippen LogP) is -0.160. The molecule has 0 spiro atoms. The van der Waals surface area contributed by atoms with Gasteiger partial charge in [0, 0.05) is 13.0 Å². The van der Waals surface area contributed by atoms with Gasteiger partial charge < -0.3 is 15.7 Å². The molecular weight excluding hydrogens is 262 g/mol. The number of urea groups is 1. The molecule has 0 aliphatic carbocycles. The summed E-state index contributed by atoms with van der Waals surface area (Å²) in [6.07, 6.45) is 0.0262. The lowest BCUT2D eigenvalue weighted by atomic mass is 10.1. The average molecular weight is 285 g/mol. The SMILES string of the molecule is CC(C)C(CO)NC(=O)CCN1C(=O)NC(C)(C)C1=O. The van der Waals surface area contributed by atoms with E-state index in [4.69, 9.17) is 5.11 Å². The second-order valence-electron chi connectivity index (χ2n) is 5.86. The van der Waals surface area contributed by atoms with Crippen molar-refractivity contribution >= 4 is 17.8 Å². The minimum absolute atomic E-state index is 0.0262. The molecule has 1 aliphatic rings. The molecule has 0 radical (unpaired) electrons. The van der Waals surface area contributed by atoms with Gasteiger partial charge in [0.25, 0.3) is 5.91 Å². The highest BCUT2D eigenvalue weighted by Gasteiger charge is 2.44. The summed E-state index contributed by atoms with van der Waals surface area (Å²) in [6, 6.07) is -0.794. The summed E-state index contributed by atoms with van der Waals surface area (Å²) in [5.41, 5.74) is -0.918. The molecule has 114 valence electrons. The summed E-state index contributed by atoms with van der Waals surface area (Å²) >= 11 is 0. The van der Waals surface area contributed by atoms with Gasteiger partial charge in [-0.05, 0) is 19.8 Å². The first-order valence-corrected chi connectivity index (χ1v) is 6.73. The van der Waals surface area contributed by atoms with Crippen LogP contribution in [0.15, 0.2) is 0 Å². The van der Waals surface area contributed by atoms with Gasteiger partial charge in [-0.15, -0.1) is 0 Å². The first-order valence-electron chi connectivity index (χ1n) is 6.73. The first kappa shape index (κ1) is 16.4. The van der Waals surface area contributed by atoms with Gasteiger partial charge in [-0.2, -0.15) is 0 Å². The van der Waals surface area contributed by atoms with Crippen molar-refractivity contribution in [1.82, 2.24) is 15.5 Å². The van der Waals surface area contributed by atoms with Crippen molar-refractivity contribution in [2.45, 2.75) is 45.7 Å². The number of nitrogens with one attached hydrogen (secondary N) is 2. The van der Waals surface area contributed by atoms with Gasteiger partial charge in [-0.25, -0.2) is 4.79 Å². The summed E-state index contributed by atoms with van der Waals surface area (Å²) in [5, 5.41) is 14.4. The first-order chi connectivity index (χ1) is 9.19. The fourth-order valence-electron chi connectivity index (χ4n) is 1.94. The molecule has 7 nitrogen and oxygen atoms in total. The maximum Gasteiger partial charge on any atom is 0.325 e. The van der Waals surface area contributed by atoms with Crippen molar-refractivity contribution in [3.63, 3.8) is 0 Å². The predicted molar refractivity (Wildman–Crippen MR) is 72.8 cm³/mol. The minimum Gasteiger partial charge on any atom is -0.394 e. The highest BCUT2D eigenvalue weighted by molar-refractivity contribution is 6.06. The monoisotopic (exact) mass is 285 g/mol. The fraction of sp³-hybridized carbons (Fsp3) is 0.769. The number of carbonyl (C=O) groups is 3. The molecule has 1 saturated heterocycles. The number of aliphatic hydroxyl groups is 1. The van der Waals surface area contributed by atoms with E-state index in [1.54, 1.807) is 13.8 Å². The molecule has 0 bridgehead atoms. The molecule has 0 aromatic heterocycles. The number of hydrogen-bond donors (Lipinski definition) is 3. The van der Waals surface area contributed by atoms with E-state index in [0.717, 1.165) is 4.90 Å². The molecule has 7 heteroatoms. The number of hydrogen-bond acceptors (Lipinski definition) is 4. The van der Waals surface area contributed by atoms with Crippen molar-refractivity contribution in [2.75, 3.05) is 13.2 Å². The molecule has 4 amide bonds. The van der Waals surface area contributed by atoms with Crippen LogP contribution in [0.5, 0.6) is 0 Å². The third-order valence-electron chi connectivity index (χ3n) is 3.35. The second kappa shape index (κ2) is 6.21. The van der Waals surface area contributed by atoms with Crippen LogP contribution in [0, 0.1) is 5.92 Å². The van der Waals surface area contributed by atoms with Crippen LogP contribution in [0.3, 0.4) is 0 Å². The van der Waals surface area contributed by atoms with Gasteiger partial charge in [0.1, 0.15) is 5.54 Å². The normalized spacial score (nSPS) is 19.2. The van der Waals surface area contributed by atoms with Crippen molar-refractivity contribution in [3.8, 4) is 0 Å². The highest BCUT2D eigenvalue weighted by Crippen LogP contribution is 2.16. The van der Waals surface area contributed by atoms with Crippen LogP contribution >= 0.6 is 0 Å². The molecule has 1 atom stereocenters. The lowest BCUT2D eigenvalue weighted by molar-refractivity contribution is -0.130. The van der Waals surface area contributed by atoms with E-state index in [9.17, 15) is 14.4 Å². The lowest BCUT2D eigenvalue weighted by Crippen LogP contribution is -2.43. The van der Waals surface area contributed by atoms with E-state index in [2.05, 4.69) is 10.6 Å². The summed E-state index contributed by atoms with van der Waals surface area (Å²) in [6.45, 7) is 6.92. The Kier molecular flexibility index (Phi) is 5.10. The number of amides is 4. The fourth-order valence-corrected chi connectivity index (χ4v) is 1.94. The smallest absolute Gasteiger partial charge is 0.325 e. The summed E-state index contributed by atoms with van der Waals surface area (Å²) in [5.74, 6) is -0.513. The second-order valence-corrected chi connectivity index (χ2v) is 5.86. The van der Waals surface area contributed by atoms with Crippen LogP contribution in [0.2, 0.25) is 0 Å². The number of carbonyl (C=O) groups excluding carboxylic acids is 3. The number of aliphatic hydroxyl groups excluding tert-OH is 1. The third kappa shape index (κ3) is 3.69. The Labute approximate surface area is 118 Å². The molecule has 0 aromatic rings. The molecule has 3 N–H and O–H groups in total. The van der Waals surface area contributed by atoms with E-state index in [1.807, 2.05) is 13.8 Å². The molecule has 0 saturated carbocycles. The number of rotatable bonds is 6. The maximum atomic E-state index is 11.9. The Morgan fingerprint density at radius 1 is 1.40 bits per heavy atom. The van der Waals surface area contributed by atoms with Gasteiger partial charge in [0.15, 0.2) is 0 Å².